The molecule has 16 heavy (non-hydrogen) atoms. The third-order valence-corrected chi connectivity index (χ3v) is 4.46. The van der Waals surface area contributed by atoms with Crippen molar-refractivity contribution in [3.05, 3.63) is 0 Å². The maximum absolute atomic E-state index is 5.35. The van der Waals surface area contributed by atoms with E-state index >= 15 is 0 Å². The molecule has 0 saturated heterocycles. The van der Waals surface area contributed by atoms with Gasteiger partial charge in [0.2, 0.25) is 0 Å². The molecule has 0 radical (unpaired) electrons. The van der Waals surface area contributed by atoms with E-state index in [4.69, 9.17) is 4.74 Å². The molecule has 94 valence electrons. The summed E-state index contributed by atoms with van der Waals surface area (Å²) in [6.45, 7) is 5.72. The molecule has 2 fully saturated rings. The highest BCUT2D eigenvalue weighted by atomic mass is 16.5. The summed E-state index contributed by atoms with van der Waals surface area (Å²) in [5.41, 5.74) is 0.471. The highest BCUT2D eigenvalue weighted by molar-refractivity contribution is 4.94. The first-order chi connectivity index (χ1) is 7.63. The third-order valence-electron chi connectivity index (χ3n) is 4.46. The largest absolute Gasteiger partial charge is 0.383 e. The van der Waals surface area contributed by atoms with Crippen LogP contribution in [0.3, 0.4) is 0 Å². The van der Waals surface area contributed by atoms with Gasteiger partial charge in [0, 0.05) is 19.2 Å². The minimum absolute atomic E-state index is 0.471. The van der Waals surface area contributed by atoms with Crippen LogP contribution in [0.1, 0.15) is 52.4 Å². The monoisotopic (exact) mass is 225 g/mol. The van der Waals surface area contributed by atoms with Crippen molar-refractivity contribution >= 4 is 0 Å². The van der Waals surface area contributed by atoms with Gasteiger partial charge in [-0.2, -0.15) is 0 Å². The zero-order valence-electron chi connectivity index (χ0n) is 11.1. The predicted octanol–water partition coefficient (Wildman–Crippen LogP) is 2.97. The average molecular weight is 225 g/mol. The second-order valence-corrected chi connectivity index (χ2v) is 6.35. The molecule has 0 bridgehead atoms. The summed E-state index contributed by atoms with van der Waals surface area (Å²) in [5, 5.41) is 3.88. The number of ether oxygens (including phenoxy) is 1. The van der Waals surface area contributed by atoms with Crippen LogP contribution in [0.5, 0.6) is 0 Å². The van der Waals surface area contributed by atoms with Crippen molar-refractivity contribution in [1.82, 2.24) is 5.32 Å². The van der Waals surface area contributed by atoms with Crippen molar-refractivity contribution in [3.63, 3.8) is 0 Å². The van der Waals surface area contributed by atoms with Gasteiger partial charge in [-0.05, 0) is 37.0 Å². The first kappa shape index (κ1) is 12.4. The van der Waals surface area contributed by atoms with Gasteiger partial charge in [0.05, 0.1) is 6.61 Å². The molecular weight excluding hydrogens is 198 g/mol. The minimum atomic E-state index is 0.471. The Bertz CT molecular complexity index is 223. The standard InChI is InChI=1S/C14H27NO/c1-14(2)9-5-4-6-13(14)15-12(10-16-3)11-7-8-11/h11-13,15H,4-10H2,1-3H3. The number of hydrogen-bond acceptors (Lipinski definition) is 2. The van der Waals surface area contributed by atoms with Crippen molar-refractivity contribution in [2.24, 2.45) is 11.3 Å². The molecule has 2 rings (SSSR count). The molecule has 2 nitrogen and oxygen atoms in total. The molecule has 2 heteroatoms. The number of rotatable bonds is 5. The van der Waals surface area contributed by atoms with E-state index in [-0.39, 0.29) is 0 Å². The SMILES string of the molecule is COCC(NC1CCCCC1(C)C)C1CC1. The van der Waals surface area contributed by atoms with Crippen molar-refractivity contribution in [1.29, 1.82) is 0 Å². The van der Waals surface area contributed by atoms with Gasteiger partial charge in [-0.3, -0.25) is 0 Å². The van der Waals surface area contributed by atoms with Crippen LogP contribution in [0.25, 0.3) is 0 Å². The van der Waals surface area contributed by atoms with E-state index in [0.29, 0.717) is 17.5 Å². The van der Waals surface area contributed by atoms with Crippen LogP contribution in [0, 0.1) is 11.3 Å². The molecule has 0 aromatic carbocycles. The van der Waals surface area contributed by atoms with E-state index in [1.54, 1.807) is 0 Å². The molecule has 0 spiro atoms. The summed E-state index contributed by atoms with van der Waals surface area (Å²) < 4.78 is 5.35. The van der Waals surface area contributed by atoms with E-state index in [9.17, 15) is 0 Å². The van der Waals surface area contributed by atoms with Crippen LogP contribution in [-0.4, -0.2) is 25.8 Å². The van der Waals surface area contributed by atoms with Crippen molar-refractivity contribution in [2.45, 2.75) is 64.5 Å². The molecule has 0 aliphatic heterocycles. The Labute approximate surface area is 100 Å². The van der Waals surface area contributed by atoms with Crippen LogP contribution in [0.15, 0.2) is 0 Å². The van der Waals surface area contributed by atoms with Crippen LogP contribution < -0.4 is 5.32 Å². The lowest BCUT2D eigenvalue weighted by Gasteiger charge is -2.41. The summed E-state index contributed by atoms with van der Waals surface area (Å²) in [4.78, 5) is 0. The Kier molecular flexibility index (Phi) is 3.91. The van der Waals surface area contributed by atoms with Gasteiger partial charge in [-0.25, -0.2) is 0 Å². The van der Waals surface area contributed by atoms with Crippen LogP contribution in [0.2, 0.25) is 0 Å². The van der Waals surface area contributed by atoms with Gasteiger partial charge in [0.1, 0.15) is 0 Å². The first-order valence-electron chi connectivity index (χ1n) is 6.88. The number of nitrogens with one attached hydrogen (secondary N) is 1. The lowest BCUT2D eigenvalue weighted by molar-refractivity contribution is 0.108. The maximum atomic E-state index is 5.35. The van der Waals surface area contributed by atoms with Crippen LogP contribution in [-0.2, 0) is 4.74 Å². The van der Waals surface area contributed by atoms with E-state index in [0.717, 1.165) is 12.5 Å². The molecule has 2 unspecified atom stereocenters. The summed E-state index contributed by atoms with van der Waals surface area (Å²) in [5.74, 6) is 0.887. The Balaban J connectivity index is 1.89. The highest BCUT2D eigenvalue weighted by Gasteiger charge is 2.37. The van der Waals surface area contributed by atoms with Gasteiger partial charge in [0.25, 0.3) is 0 Å². The lowest BCUT2D eigenvalue weighted by Crippen LogP contribution is -2.50. The Morgan fingerprint density at radius 1 is 1.25 bits per heavy atom. The van der Waals surface area contributed by atoms with E-state index in [1.807, 2.05) is 7.11 Å². The summed E-state index contributed by atoms with van der Waals surface area (Å²) >= 11 is 0. The molecule has 0 aromatic rings. The second-order valence-electron chi connectivity index (χ2n) is 6.35. The third kappa shape index (κ3) is 2.98. The summed E-state index contributed by atoms with van der Waals surface area (Å²) in [6.07, 6.45) is 8.31. The van der Waals surface area contributed by atoms with Gasteiger partial charge >= 0.3 is 0 Å². The quantitative estimate of drug-likeness (QED) is 0.776. The zero-order chi connectivity index (χ0) is 11.6. The number of hydrogen-bond donors (Lipinski definition) is 1. The zero-order valence-corrected chi connectivity index (χ0v) is 11.1. The van der Waals surface area contributed by atoms with Gasteiger partial charge < -0.3 is 10.1 Å². The minimum Gasteiger partial charge on any atom is -0.383 e. The first-order valence-corrected chi connectivity index (χ1v) is 6.88. The van der Waals surface area contributed by atoms with Crippen molar-refractivity contribution < 1.29 is 4.74 Å². The normalized spacial score (nSPS) is 31.3. The van der Waals surface area contributed by atoms with E-state index in [2.05, 4.69) is 19.2 Å². The fourth-order valence-electron chi connectivity index (χ4n) is 3.06. The van der Waals surface area contributed by atoms with E-state index in [1.165, 1.54) is 38.5 Å². The highest BCUT2D eigenvalue weighted by Crippen LogP contribution is 2.38. The topological polar surface area (TPSA) is 21.3 Å². The fourth-order valence-corrected chi connectivity index (χ4v) is 3.06. The molecule has 2 saturated carbocycles. The van der Waals surface area contributed by atoms with Crippen molar-refractivity contribution in [3.8, 4) is 0 Å². The van der Waals surface area contributed by atoms with E-state index < -0.39 is 0 Å². The second kappa shape index (κ2) is 5.05. The molecular formula is C14H27NO. The van der Waals surface area contributed by atoms with Crippen LogP contribution in [0.4, 0.5) is 0 Å². The summed E-state index contributed by atoms with van der Waals surface area (Å²) in [7, 11) is 1.82. The van der Waals surface area contributed by atoms with Crippen molar-refractivity contribution in [2.75, 3.05) is 13.7 Å². The molecule has 2 atom stereocenters. The maximum Gasteiger partial charge on any atom is 0.0618 e. The van der Waals surface area contributed by atoms with Gasteiger partial charge in [-0.1, -0.05) is 26.7 Å². The Morgan fingerprint density at radius 2 is 2.00 bits per heavy atom. The van der Waals surface area contributed by atoms with Crippen LogP contribution >= 0.6 is 0 Å². The summed E-state index contributed by atoms with van der Waals surface area (Å²) in [6, 6.07) is 1.30. The average Bonchev–Trinajstić information content (AvgIpc) is 3.03. The molecule has 2 aliphatic carbocycles. The molecule has 1 N–H and O–H groups in total. The molecule has 2 aliphatic rings. The van der Waals surface area contributed by atoms with Gasteiger partial charge in [-0.15, -0.1) is 0 Å². The number of methoxy groups -OCH3 is 1. The molecule has 0 aromatic heterocycles. The molecule has 0 amide bonds. The Hall–Kier alpha value is -0.0800. The Morgan fingerprint density at radius 3 is 2.56 bits per heavy atom. The molecule has 0 heterocycles. The van der Waals surface area contributed by atoms with Gasteiger partial charge in [0.15, 0.2) is 0 Å². The smallest absolute Gasteiger partial charge is 0.0618 e. The predicted molar refractivity (Wildman–Crippen MR) is 67.6 cm³/mol. The lowest BCUT2D eigenvalue weighted by atomic mass is 9.73. The fraction of sp³-hybridized carbons (Fsp3) is 1.00.